The van der Waals surface area contributed by atoms with E-state index in [4.69, 9.17) is 9.47 Å². The van der Waals surface area contributed by atoms with Gasteiger partial charge in [0.1, 0.15) is 5.60 Å². The molecule has 0 aliphatic carbocycles. The molecule has 0 spiro atoms. The highest BCUT2D eigenvalue weighted by Crippen LogP contribution is 2.19. The van der Waals surface area contributed by atoms with Crippen LogP contribution < -0.4 is 5.32 Å². The van der Waals surface area contributed by atoms with Crippen molar-refractivity contribution < 1.29 is 19.4 Å². The Morgan fingerprint density at radius 3 is 2.80 bits per heavy atom. The highest BCUT2D eigenvalue weighted by Gasteiger charge is 2.18. The van der Waals surface area contributed by atoms with Crippen molar-refractivity contribution in [2.75, 3.05) is 19.8 Å². The number of nitrogens with one attached hydrogen (secondary N) is 1. The Labute approximate surface area is 122 Å². The van der Waals surface area contributed by atoms with Crippen LogP contribution in [0, 0.1) is 5.92 Å². The molecule has 5 heteroatoms. The summed E-state index contributed by atoms with van der Waals surface area (Å²) >= 11 is 0. The van der Waals surface area contributed by atoms with Gasteiger partial charge in [-0.25, -0.2) is 4.79 Å². The van der Waals surface area contributed by atoms with Gasteiger partial charge in [0, 0.05) is 19.8 Å². The van der Waals surface area contributed by atoms with E-state index in [2.05, 4.69) is 5.32 Å². The lowest BCUT2D eigenvalue weighted by Crippen LogP contribution is -2.36. The number of hydrogen-bond acceptors (Lipinski definition) is 4. The summed E-state index contributed by atoms with van der Waals surface area (Å²) < 4.78 is 10.7. The molecule has 0 aromatic heterocycles. The lowest BCUT2D eigenvalue weighted by atomic mass is 10.0. The third kappa shape index (κ3) is 7.70. The van der Waals surface area contributed by atoms with E-state index < -0.39 is 11.7 Å². The molecule has 0 saturated carbocycles. The van der Waals surface area contributed by atoms with Crippen molar-refractivity contribution in [1.29, 1.82) is 0 Å². The number of ether oxygens (including phenoxy) is 2. The van der Waals surface area contributed by atoms with Crippen LogP contribution in [0.2, 0.25) is 0 Å². The summed E-state index contributed by atoms with van der Waals surface area (Å²) in [5.41, 5.74) is -0.487. The fourth-order valence-corrected chi connectivity index (χ4v) is 2.31. The zero-order chi connectivity index (χ0) is 15.0. The molecule has 1 aliphatic heterocycles. The van der Waals surface area contributed by atoms with Crippen LogP contribution in [-0.4, -0.2) is 42.7 Å². The van der Waals surface area contributed by atoms with Crippen LogP contribution in [0.25, 0.3) is 0 Å². The average molecular weight is 287 g/mol. The van der Waals surface area contributed by atoms with Gasteiger partial charge < -0.3 is 19.9 Å². The molecule has 0 aromatic carbocycles. The normalized spacial score (nSPS) is 20.7. The van der Waals surface area contributed by atoms with Crippen molar-refractivity contribution in [2.45, 2.75) is 64.6 Å². The second kappa shape index (κ2) is 8.47. The second-order valence-electron chi connectivity index (χ2n) is 6.50. The molecular weight excluding hydrogens is 258 g/mol. The van der Waals surface area contributed by atoms with Gasteiger partial charge >= 0.3 is 6.09 Å². The van der Waals surface area contributed by atoms with Gasteiger partial charge in [0.25, 0.3) is 0 Å². The van der Waals surface area contributed by atoms with Gasteiger partial charge in [-0.05, 0) is 52.4 Å². The van der Waals surface area contributed by atoms with Crippen LogP contribution in [0.3, 0.4) is 0 Å². The van der Waals surface area contributed by atoms with E-state index in [1.54, 1.807) is 0 Å². The van der Waals surface area contributed by atoms with Crippen molar-refractivity contribution in [3.8, 4) is 0 Å². The van der Waals surface area contributed by atoms with Crippen LogP contribution in [0.15, 0.2) is 0 Å². The topological polar surface area (TPSA) is 67.8 Å². The Bertz CT molecular complexity index is 282. The molecule has 5 nitrogen and oxygen atoms in total. The number of aliphatic hydroxyl groups is 1. The van der Waals surface area contributed by atoms with Crippen molar-refractivity contribution in [1.82, 2.24) is 5.32 Å². The largest absolute Gasteiger partial charge is 0.444 e. The first-order valence-corrected chi connectivity index (χ1v) is 7.60. The first kappa shape index (κ1) is 17.2. The number of carbonyl (C=O) groups is 1. The summed E-state index contributed by atoms with van der Waals surface area (Å²) in [5.74, 6) is 0.0870. The molecule has 1 fully saturated rings. The number of amides is 1. The molecule has 2 atom stereocenters. The average Bonchev–Trinajstić information content (AvgIpc) is 2.84. The molecule has 0 aromatic rings. The molecule has 1 aliphatic rings. The molecule has 118 valence electrons. The molecule has 1 rings (SSSR count). The first-order chi connectivity index (χ1) is 9.40. The molecule has 1 amide bonds. The third-order valence-electron chi connectivity index (χ3n) is 3.35. The van der Waals surface area contributed by atoms with Gasteiger partial charge in [-0.3, -0.25) is 0 Å². The summed E-state index contributed by atoms with van der Waals surface area (Å²) in [7, 11) is 0. The van der Waals surface area contributed by atoms with Gasteiger partial charge in [-0.1, -0.05) is 6.42 Å². The fourth-order valence-electron chi connectivity index (χ4n) is 2.31. The molecule has 2 N–H and O–H groups in total. The number of rotatable bonds is 7. The summed E-state index contributed by atoms with van der Waals surface area (Å²) in [6.07, 6.45) is 5.25. The number of aliphatic hydroxyl groups excluding tert-OH is 1. The van der Waals surface area contributed by atoms with Gasteiger partial charge in [0.2, 0.25) is 0 Å². The minimum Gasteiger partial charge on any atom is -0.444 e. The first-order valence-electron chi connectivity index (χ1n) is 7.60. The highest BCUT2D eigenvalue weighted by atomic mass is 16.6. The van der Waals surface area contributed by atoms with Gasteiger partial charge in [-0.2, -0.15) is 0 Å². The summed E-state index contributed by atoms with van der Waals surface area (Å²) in [4.78, 5) is 11.5. The highest BCUT2D eigenvalue weighted by molar-refractivity contribution is 5.67. The van der Waals surface area contributed by atoms with Gasteiger partial charge in [-0.15, -0.1) is 0 Å². The van der Waals surface area contributed by atoms with E-state index in [1.165, 1.54) is 0 Å². The van der Waals surface area contributed by atoms with Crippen LogP contribution >= 0.6 is 0 Å². The Hall–Kier alpha value is -0.810. The van der Waals surface area contributed by atoms with Crippen molar-refractivity contribution in [3.63, 3.8) is 0 Å². The van der Waals surface area contributed by atoms with E-state index in [0.717, 1.165) is 38.7 Å². The van der Waals surface area contributed by atoms with Gasteiger partial charge in [0.05, 0.1) is 6.10 Å². The SMILES string of the molecule is CC(C)(C)OC(=O)NCC(CO)CCCC1CCCO1. The summed E-state index contributed by atoms with van der Waals surface area (Å²) in [6, 6.07) is 0. The predicted octanol–water partition coefficient (Wildman–Crippen LogP) is 2.47. The number of carbonyl (C=O) groups excluding carboxylic acids is 1. The maximum atomic E-state index is 11.5. The molecule has 0 radical (unpaired) electrons. The zero-order valence-electron chi connectivity index (χ0n) is 13.0. The molecule has 20 heavy (non-hydrogen) atoms. The standard InChI is InChI=1S/C15H29NO4/c1-15(2,3)20-14(18)16-10-12(11-17)6-4-7-13-8-5-9-19-13/h12-13,17H,4-11H2,1-3H3,(H,16,18). The maximum absolute atomic E-state index is 11.5. The number of hydrogen-bond donors (Lipinski definition) is 2. The van der Waals surface area contributed by atoms with Crippen molar-refractivity contribution in [2.24, 2.45) is 5.92 Å². The minimum absolute atomic E-state index is 0.0846. The fraction of sp³-hybridized carbons (Fsp3) is 0.933. The summed E-state index contributed by atoms with van der Waals surface area (Å²) in [5, 5.41) is 12.1. The molecule has 1 saturated heterocycles. The molecule has 2 unspecified atom stereocenters. The van der Waals surface area contributed by atoms with Crippen molar-refractivity contribution in [3.05, 3.63) is 0 Å². The molecular formula is C15H29NO4. The van der Waals surface area contributed by atoms with E-state index in [-0.39, 0.29) is 12.5 Å². The monoisotopic (exact) mass is 287 g/mol. The quantitative estimate of drug-likeness (QED) is 0.755. The van der Waals surface area contributed by atoms with Crippen LogP contribution in [0.5, 0.6) is 0 Å². The maximum Gasteiger partial charge on any atom is 0.407 e. The lowest BCUT2D eigenvalue weighted by Gasteiger charge is -2.21. The smallest absolute Gasteiger partial charge is 0.407 e. The number of alkyl carbamates (subject to hydrolysis) is 1. The third-order valence-corrected chi connectivity index (χ3v) is 3.35. The molecule has 1 heterocycles. The zero-order valence-corrected chi connectivity index (χ0v) is 13.0. The Kier molecular flexibility index (Phi) is 7.30. The Morgan fingerprint density at radius 1 is 1.50 bits per heavy atom. The van der Waals surface area contributed by atoms with E-state index in [0.29, 0.717) is 12.6 Å². The lowest BCUT2D eigenvalue weighted by molar-refractivity contribution is 0.0509. The van der Waals surface area contributed by atoms with E-state index in [1.807, 2.05) is 20.8 Å². The summed E-state index contributed by atoms with van der Waals surface area (Å²) in [6.45, 7) is 6.92. The van der Waals surface area contributed by atoms with Gasteiger partial charge in [0.15, 0.2) is 0 Å². The van der Waals surface area contributed by atoms with Crippen LogP contribution in [0.4, 0.5) is 4.79 Å². The van der Waals surface area contributed by atoms with E-state index in [9.17, 15) is 9.90 Å². The Morgan fingerprint density at radius 2 is 2.25 bits per heavy atom. The second-order valence-corrected chi connectivity index (χ2v) is 6.50. The van der Waals surface area contributed by atoms with Crippen molar-refractivity contribution >= 4 is 6.09 Å². The van der Waals surface area contributed by atoms with Crippen LogP contribution in [0.1, 0.15) is 52.9 Å². The predicted molar refractivity (Wildman–Crippen MR) is 77.6 cm³/mol. The molecule has 0 bridgehead atoms. The Balaban J connectivity index is 2.13. The minimum atomic E-state index is -0.487. The van der Waals surface area contributed by atoms with E-state index >= 15 is 0 Å². The van der Waals surface area contributed by atoms with Crippen LogP contribution in [-0.2, 0) is 9.47 Å².